The van der Waals surface area contributed by atoms with Gasteiger partial charge in [0.2, 0.25) is 0 Å². The Morgan fingerprint density at radius 1 is 1.17 bits per heavy atom. The minimum atomic E-state index is -0.994. The van der Waals surface area contributed by atoms with E-state index in [-0.39, 0.29) is 19.3 Å². The first-order chi connectivity index (χ1) is 5.57. The Morgan fingerprint density at radius 3 is 2.17 bits per heavy atom. The van der Waals surface area contributed by atoms with Gasteiger partial charge in [0, 0.05) is 19.3 Å². The molecule has 67 valence electrons. The second-order valence-electron chi connectivity index (χ2n) is 2.29. The van der Waals surface area contributed by atoms with Crippen LogP contribution in [0.15, 0.2) is 0 Å². The van der Waals surface area contributed by atoms with E-state index in [1.165, 1.54) is 6.42 Å². The molecule has 0 heterocycles. The number of carbonyl (C=O) groups excluding carboxylic acids is 2. The van der Waals surface area contributed by atoms with Gasteiger partial charge in [-0.05, 0) is 6.42 Å². The van der Waals surface area contributed by atoms with Crippen LogP contribution in [-0.2, 0) is 14.4 Å². The van der Waals surface area contributed by atoms with Crippen molar-refractivity contribution < 1.29 is 19.5 Å². The molecule has 0 spiro atoms. The van der Waals surface area contributed by atoms with Crippen molar-refractivity contribution in [2.75, 3.05) is 0 Å². The van der Waals surface area contributed by atoms with Crippen molar-refractivity contribution in [2.45, 2.75) is 26.2 Å². The molecule has 1 N–H and O–H groups in total. The van der Waals surface area contributed by atoms with Gasteiger partial charge in [-0.25, -0.2) is 0 Å². The summed E-state index contributed by atoms with van der Waals surface area (Å²) in [5.74, 6) is -1.96. The molecule has 0 aromatic carbocycles. The van der Waals surface area contributed by atoms with E-state index < -0.39 is 17.5 Å². The molecule has 0 rings (SSSR count). The summed E-state index contributed by atoms with van der Waals surface area (Å²) in [5, 5.41) is 8.19. The van der Waals surface area contributed by atoms with Crippen molar-refractivity contribution in [2.24, 2.45) is 0 Å². The maximum absolute atomic E-state index is 10.8. The lowest BCUT2D eigenvalue weighted by atomic mass is 10.1. The number of carboxylic acid groups (broad SMARTS) is 1. The van der Waals surface area contributed by atoms with E-state index in [1.54, 1.807) is 6.92 Å². The Morgan fingerprint density at radius 2 is 1.75 bits per heavy atom. The van der Waals surface area contributed by atoms with E-state index in [0.29, 0.717) is 0 Å². The SMILES string of the molecule is CCC(=O)C(=O)C[CH]CC(=O)O. The summed E-state index contributed by atoms with van der Waals surface area (Å²) in [6.07, 6.45) is 1.22. The molecule has 0 bridgehead atoms. The topological polar surface area (TPSA) is 71.4 Å². The Kier molecular flexibility index (Phi) is 4.92. The fourth-order valence-electron chi connectivity index (χ4n) is 0.638. The average molecular weight is 171 g/mol. The second kappa shape index (κ2) is 5.46. The third-order valence-corrected chi connectivity index (χ3v) is 1.28. The molecule has 0 amide bonds. The number of hydrogen-bond donors (Lipinski definition) is 1. The first kappa shape index (κ1) is 10.8. The quantitative estimate of drug-likeness (QED) is 0.594. The summed E-state index contributed by atoms with van der Waals surface area (Å²) < 4.78 is 0. The third-order valence-electron chi connectivity index (χ3n) is 1.28. The van der Waals surface area contributed by atoms with E-state index in [9.17, 15) is 14.4 Å². The van der Waals surface area contributed by atoms with Gasteiger partial charge in [0.05, 0.1) is 0 Å². The van der Waals surface area contributed by atoms with Gasteiger partial charge in [-0.2, -0.15) is 0 Å². The van der Waals surface area contributed by atoms with Crippen molar-refractivity contribution in [1.29, 1.82) is 0 Å². The van der Waals surface area contributed by atoms with Crippen LogP contribution in [0.1, 0.15) is 26.2 Å². The van der Waals surface area contributed by atoms with Crippen LogP contribution in [0.2, 0.25) is 0 Å². The average Bonchev–Trinajstić information content (AvgIpc) is 2.02. The summed E-state index contributed by atoms with van der Waals surface area (Å²) in [6.45, 7) is 1.59. The summed E-state index contributed by atoms with van der Waals surface area (Å²) in [6, 6.07) is 0. The number of hydrogen-bond acceptors (Lipinski definition) is 3. The van der Waals surface area contributed by atoms with E-state index >= 15 is 0 Å². The fraction of sp³-hybridized carbons (Fsp3) is 0.500. The standard InChI is InChI=1S/C8H11O4/c1-2-6(9)7(10)4-3-5-8(11)12/h3H,2,4-5H2,1H3,(H,11,12). The number of ketones is 2. The molecule has 0 aliphatic heterocycles. The van der Waals surface area contributed by atoms with Gasteiger partial charge < -0.3 is 5.11 Å². The van der Waals surface area contributed by atoms with E-state index in [4.69, 9.17) is 5.11 Å². The van der Waals surface area contributed by atoms with E-state index in [2.05, 4.69) is 0 Å². The van der Waals surface area contributed by atoms with Crippen LogP contribution in [0.5, 0.6) is 0 Å². The van der Waals surface area contributed by atoms with Gasteiger partial charge in [0.25, 0.3) is 0 Å². The molecule has 0 fully saturated rings. The van der Waals surface area contributed by atoms with Gasteiger partial charge >= 0.3 is 5.97 Å². The monoisotopic (exact) mass is 171 g/mol. The minimum absolute atomic E-state index is 0.0705. The largest absolute Gasteiger partial charge is 0.481 e. The molecule has 4 nitrogen and oxygen atoms in total. The third kappa shape index (κ3) is 4.60. The lowest BCUT2D eigenvalue weighted by Crippen LogP contribution is -2.12. The number of carbonyl (C=O) groups is 3. The smallest absolute Gasteiger partial charge is 0.303 e. The zero-order valence-corrected chi connectivity index (χ0v) is 6.87. The molecule has 1 radical (unpaired) electrons. The van der Waals surface area contributed by atoms with Crippen molar-refractivity contribution in [3.05, 3.63) is 6.42 Å². The molecule has 0 aromatic rings. The zero-order valence-electron chi connectivity index (χ0n) is 6.87. The van der Waals surface area contributed by atoms with Crippen LogP contribution in [0.3, 0.4) is 0 Å². The Balaban J connectivity index is 3.58. The first-order valence-corrected chi connectivity index (χ1v) is 3.67. The van der Waals surface area contributed by atoms with Gasteiger partial charge in [-0.15, -0.1) is 0 Å². The molecular weight excluding hydrogens is 160 g/mol. The molecule has 0 aromatic heterocycles. The number of aliphatic carboxylic acids is 1. The molecule has 12 heavy (non-hydrogen) atoms. The summed E-state index contributed by atoms with van der Waals surface area (Å²) in [5.41, 5.74) is 0. The highest BCUT2D eigenvalue weighted by atomic mass is 16.4. The lowest BCUT2D eigenvalue weighted by Gasteiger charge is -1.94. The fourth-order valence-corrected chi connectivity index (χ4v) is 0.638. The zero-order chi connectivity index (χ0) is 9.56. The number of Topliss-reactive ketones (excluding diaryl/α,β-unsaturated/α-hetero) is 2. The number of rotatable bonds is 6. The highest BCUT2D eigenvalue weighted by Crippen LogP contribution is 1.97. The van der Waals surface area contributed by atoms with Gasteiger partial charge in [0.1, 0.15) is 0 Å². The normalized spacial score (nSPS) is 9.42. The molecule has 0 unspecified atom stereocenters. The molecule has 0 aliphatic rings. The highest BCUT2D eigenvalue weighted by molar-refractivity contribution is 6.37. The maximum Gasteiger partial charge on any atom is 0.303 e. The molecule has 0 saturated carbocycles. The molecule has 0 aliphatic carbocycles. The Bertz CT molecular complexity index is 195. The summed E-state index contributed by atoms with van der Waals surface area (Å²) in [4.78, 5) is 31.4. The maximum atomic E-state index is 10.8. The lowest BCUT2D eigenvalue weighted by molar-refractivity contribution is -0.137. The molecule has 0 atom stereocenters. The van der Waals surface area contributed by atoms with Crippen LogP contribution in [0.25, 0.3) is 0 Å². The van der Waals surface area contributed by atoms with Crippen molar-refractivity contribution in [3.63, 3.8) is 0 Å². The Hall–Kier alpha value is -1.19. The van der Waals surface area contributed by atoms with Crippen LogP contribution in [-0.4, -0.2) is 22.6 Å². The summed E-state index contributed by atoms with van der Waals surface area (Å²) >= 11 is 0. The van der Waals surface area contributed by atoms with Crippen LogP contribution in [0, 0.1) is 6.42 Å². The van der Waals surface area contributed by atoms with Crippen LogP contribution < -0.4 is 0 Å². The molecule has 4 heteroatoms. The van der Waals surface area contributed by atoms with Crippen molar-refractivity contribution in [1.82, 2.24) is 0 Å². The van der Waals surface area contributed by atoms with E-state index in [0.717, 1.165) is 0 Å². The number of carboxylic acids is 1. The van der Waals surface area contributed by atoms with Gasteiger partial charge in [0.15, 0.2) is 11.6 Å². The van der Waals surface area contributed by atoms with Crippen LogP contribution >= 0.6 is 0 Å². The van der Waals surface area contributed by atoms with E-state index in [1.807, 2.05) is 0 Å². The second-order valence-corrected chi connectivity index (χ2v) is 2.29. The highest BCUT2D eigenvalue weighted by Gasteiger charge is 2.11. The van der Waals surface area contributed by atoms with Gasteiger partial charge in [-0.3, -0.25) is 14.4 Å². The minimum Gasteiger partial charge on any atom is -0.481 e. The Labute approximate surface area is 70.6 Å². The first-order valence-electron chi connectivity index (χ1n) is 3.67. The predicted octanol–water partition coefficient (Wildman–Crippen LogP) is 0.604. The van der Waals surface area contributed by atoms with Crippen LogP contribution in [0.4, 0.5) is 0 Å². The molecule has 0 saturated heterocycles. The summed E-state index contributed by atoms with van der Waals surface area (Å²) in [7, 11) is 0. The molecular formula is C8H11O4. The van der Waals surface area contributed by atoms with Gasteiger partial charge in [-0.1, -0.05) is 6.92 Å². The van der Waals surface area contributed by atoms with Crippen molar-refractivity contribution in [3.8, 4) is 0 Å². The predicted molar refractivity (Wildman–Crippen MR) is 41.5 cm³/mol. The van der Waals surface area contributed by atoms with Crippen molar-refractivity contribution >= 4 is 17.5 Å².